The van der Waals surface area contributed by atoms with Gasteiger partial charge in [-0.3, -0.25) is 19.3 Å². The number of carbonyl (C=O) groups is 3. The molecule has 2 heterocycles. The van der Waals surface area contributed by atoms with Gasteiger partial charge in [0.1, 0.15) is 6.54 Å². The van der Waals surface area contributed by atoms with Gasteiger partial charge in [0.2, 0.25) is 23.6 Å². The van der Waals surface area contributed by atoms with E-state index in [1.807, 2.05) is 32.9 Å². The van der Waals surface area contributed by atoms with Gasteiger partial charge in [-0.1, -0.05) is 38.1 Å². The molecule has 28 heavy (non-hydrogen) atoms. The van der Waals surface area contributed by atoms with Crippen LogP contribution in [0.5, 0.6) is 0 Å². The van der Waals surface area contributed by atoms with E-state index in [-0.39, 0.29) is 47.4 Å². The Kier molecular flexibility index (Phi) is 4.03. The van der Waals surface area contributed by atoms with Crippen molar-refractivity contribution in [3.8, 4) is 0 Å². The lowest BCUT2D eigenvalue weighted by Gasteiger charge is -2.24. The molecule has 4 rings (SSSR count). The highest BCUT2D eigenvalue weighted by Crippen LogP contribution is 2.52. The van der Waals surface area contributed by atoms with Crippen LogP contribution >= 0.6 is 0 Å². The average molecular weight is 386 g/mol. The van der Waals surface area contributed by atoms with Gasteiger partial charge in [-0.05, 0) is 32.1 Å². The van der Waals surface area contributed by atoms with Crippen molar-refractivity contribution in [2.24, 2.45) is 23.7 Å². The first-order valence-corrected chi connectivity index (χ1v) is 9.68. The fraction of sp³-hybridized carbons (Fsp3) is 0.650. The Hall–Kier alpha value is -2.51. The first-order valence-electron chi connectivity index (χ1n) is 9.68. The first kappa shape index (κ1) is 18.8. The third-order valence-corrected chi connectivity index (χ3v) is 5.94. The second-order valence-corrected chi connectivity index (χ2v) is 9.61. The number of likely N-dealkylation sites (tertiary alicyclic amines) is 1. The van der Waals surface area contributed by atoms with Gasteiger partial charge in [-0.15, -0.1) is 0 Å². The third kappa shape index (κ3) is 2.86. The summed E-state index contributed by atoms with van der Waals surface area (Å²) in [6.07, 6.45) is 4.94. The smallest absolute Gasteiger partial charge is 0.240 e. The second kappa shape index (κ2) is 5.99. The lowest BCUT2D eigenvalue weighted by atomic mass is 9.85. The Labute approximate surface area is 163 Å². The summed E-state index contributed by atoms with van der Waals surface area (Å²) in [4.78, 5) is 43.6. The zero-order chi connectivity index (χ0) is 20.4. The zero-order valence-corrected chi connectivity index (χ0v) is 16.9. The molecule has 1 saturated carbocycles. The molecule has 8 heteroatoms. The number of hydrogen-bond donors (Lipinski definition) is 1. The van der Waals surface area contributed by atoms with Gasteiger partial charge in [-0.25, -0.2) is 0 Å². The Morgan fingerprint density at radius 3 is 2.21 bits per heavy atom. The highest BCUT2D eigenvalue weighted by molar-refractivity contribution is 6.08. The van der Waals surface area contributed by atoms with E-state index in [1.54, 1.807) is 13.8 Å². The van der Waals surface area contributed by atoms with Crippen molar-refractivity contribution in [2.75, 3.05) is 6.54 Å². The lowest BCUT2D eigenvalue weighted by molar-refractivity contribution is -0.144. The van der Waals surface area contributed by atoms with Gasteiger partial charge in [0, 0.05) is 5.41 Å². The number of amides is 3. The number of aromatic nitrogens is 2. The van der Waals surface area contributed by atoms with Crippen LogP contribution in [0.15, 0.2) is 16.7 Å². The van der Waals surface area contributed by atoms with E-state index in [0.717, 1.165) is 11.3 Å². The largest absolute Gasteiger partial charge is 0.342 e. The number of nitrogens with one attached hydrogen (secondary N) is 1. The Bertz CT molecular complexity index is 849. The number of allylic oxidation sites excluding steroid dienone is 2. The maximum Gasteiger partial charge on any atom is 0.240 e. The van der Waals surface area contributed by atoms with Crippen molar-refractivity contribution < 1.29 is 18.9 Å². The maximum atomic E-state index is 12.7. The molecule has 1 aliphatic heterocycles. The predicted molar refractivity (Wildman–Crippen MR) is 98.6 cm³/mol. The van der Waals surface area contributed by atoms with Crippen LogP contribution in [-0.4, -0.2) is 39.3 Å². The highest BCUT2D eigenvalue weighted by Gasteiger charge is 2.59. The first-order chi connectivity index (χ1) is 13.0. The van der Waals surface area contributed by atoms with Crippen LogP contribution in [0, 0.1) is 23.7 Å². The van der Waals surface area contributed by atoms with Crippen molar-refractivity contribution in [1.29, 1.82) is 0 Å². The minimum absolute atomic E-state index is 0.131. The number of hydrogen-bond acceptors (Lipinski definition) is 6. The van der Waals surface area contributed by atoms with Crippen LogP contribution in [0.25, 0.3) is 0 Å². The summed E-state index contributed by atoms with van der Waals surface area (Å²) in [5.74, 6) is -0.380. The topological polar surface area (TPSA) is 105 Å². The second-order valence-electron chi connectivity index (χ2n) is 9.61. The summed E-state index contributed by atoms with van der Waals surface area (Å²) >= 11 is 0. The van der Waals surface area contributed by atoms with Gasteiger partial charge < -0.3 is 9.84 Å². The predicted octanol–water partition coefficient (Wildman–Crippen LogP) is 1.53. The van der Waals surface area contributed by atoms with Crippen molar-refractivity contribution in [3.05, 3.63) is 23.9 Å². The molecular formula is C20H26N4O4. The van der Waals surface area contributed by atoms with Crippen molar-refractivity contribution in [3.63, 3.8) is 0 Å². The van der Waals surface area contributed by atoms with E-state index >= 15 is 0 Å². The molecule has 150 valence electrons. The molecule has 0 radical (unpaired) electrons. The van der Waals surface area contributed by atoms with Gasteiger partial charge in [0.15, 0.2) is 5.82 Å². The molecular weight excluding hydrogens is 360 g/mol. The molecule has 2 fully saturated rings. The van der Waals surface area contributed by atoms with Crippen LogP contribution in [-0.2, 0) is 25.3 Å². The van der Waals surface area contributed by atoms with Crippen molar-refractivity contribution in [1.82, 2.24) is 20.4 Å². The van der Waals surface area contributed by atoms with E-state index in [0.29, 0.717) is 11.7 Å². The number of fused-ring (bicyclic) bond motifs is 5. The normalized spacial score (nSPS) is 29.0. The van der Waals surface area contributed by atoms with Crippen LogP contribution in [0.4, 0.5) is 0 Å². The number of rotatable bonds is 4. The summed E-state index contributed by atoms with van der Waals surface area (Å²) in [6, 6.07) is 0. The summed E-state index contributed by atoms with van der Waals surface area (Å²) in [6.45, 7) is 9.11. The molecule has 3 amide bonds. The summed E-state index contributed by atoms with van der Waals surface area (Å²) in [5.41, 5.74) is -1.20. The molecule has 0 aromatic carbocycles. The van der Waals surface area contributed by atoms with E-state index in [1.165, 1.54) is 0 Å². The molecule has 0 spiro atoms. The van der Waals surface area contributed by atoms with E-state index in [4.69, 9.17) is 4.52 Å². The minimum atomic E-state index is -0.896. The van der Waals surface area contributed by atoms with Gasteiger partial charge in [-0.2, -0.15) is 4.98 Å². The Morgan fingerprint density at radius 1 is 1.14 bits per heavy atom. The molecule has 1 N–H and O–H groups in total. The molecule has 8 nitrogen and oxygen atoms in total. The molecule has 2 bridgehead atoms. The standard InChI is InChI=1S/C20H26N4O4/c1-19(2,3)18-21-17(23-28-18)20(4,5)22-12(25)9-24-15(26)13-10-6-7-11(8-10)14(13)16(24)27/h6-7,10-11,13-14H,8-9H2,1-5H3,(H,22,25). The molecule has 1 aromatic heterocycles. The summed E-state index contributed by atoms with van der Waals surface area (Å²) in [5, 5.41) is 6.81. The molecule has 4 unspecified atom stereocenters. The summed E-state index contributed by atoms with van der Waals surface area (Å²) < 4.78 is 5.31. The highest BCUT2D eigenvalue weighted by atomic mass is 16.5. The Morgan fingerprint density at radius 2 is 1.71 bits per heavy atom. The van der Waals surface area contributed by atoms with Crippen LogP contribution < -0.4 is 5.32 Å². The van der Waals surface area contributed by atoms with E-state index in [2.05, 4.69) is 15.5 Å². The molecule has 3 aliphatic rings. The third-order valence-electron chi connectivity index (χ3n) is 5.94. The van der Waals surface area contributed by atoms with Crippen molar-refractivity contribution >= 4 is 17.7 Å². The number of carbonyl (C=O) groups excluding carboxylic acids is 3. The van der Waals surface area contributed by atoms with E-state index < -0.39 is 11.4 Å². The maximum absolute atomic E-state index is 12.7. The quantitative estimate of drug-likeness (QED) is 0.621. The van der Waals surface area contributed by atoms with Crippen molar-refractivity contribution in [2.45, 2.75) is 52.0 Å². The molecule has 1 aromatic rings. The van der Waals surface area contributed by atoms with Gasteiger partial charge in [0.25, 0.3) is 0 Å². The SMILES string of the molecule is CC(C)(C)c1nc(C(C)(C)NC(=O)CN2C(=O)C3C4C=CC(C4)C3C2=O)no1. The molecule has 4 atom stereocenters. The molecule has 2 aliphatic carbocycles. The van der Waals surface area contributed by atoms with Gasteiger partial charge in [0.05, 0.1) is 17.4 Å². The van der Waals surface area contributed by atoms with Crippen LogP contribution in [0.3, 0.4) is 0 Å². The number of nitrogens with zero attached hydrogens (tertiary/aromatic N) is 3. The summed E-state index contributed by atoms with van der Waals surface area (Å²) in [7, 11) is 0. The van der Waals surface area contributed by atoms with Gasteiger partial charge >= 0.3 is 0 Å². The van der Waals surface area contributed by atoms with E-state index in [9.17, 15) is 14.4 Å². The molecule has 1 saturated heterocycles. The fourth-order valence-corrected chi connectivity index (χ4v) is 4.49. The van der Waals surface area contributed by atoms with Crippen LogP contribution in [0.1, 0.15) is 52.8 Å². The number of imide groups is 1. The average Bonchev–Trinajstić information content (AvgIpc) is 3.33. The minimum Gasteiger partial charge on any atom is -0.342 e. The lowest BCUT2D eigenvalue weighted by Crippen LogP contribution is -2.48. The van der Waals surface area contributed by atoms with Crippen LogP contribution in [0.2, 0.25) is 0 Å². The monoisotopic (exact) mass is 386 g/mol. The fourth-order valence-electron chi connectivity index (χ4n) is 4.49. The Balaban J connectivity index is 1.44. The zero-order valence-electron chi connectivity index (χ0n) is 16.9.